The molecule has 4 rings (SSSR count). The number of fused-ring (bicyclic) bond motifs is 2. The summed E-state index contributed by atoms with van der Waals surface area (Å²) >= 11 is 0. The predicted molar refractivity (Wildman–Crippen MR) is 120 cm³/mol. The van der Waals surface area contributed by atoms with E-state index in [2.05, 4.69) is 95.1 Å². The summed E-state index contributed by atoms with van der Waals surface area (Å²) in [6.45, 7) is 13.4. The Hall–Kier alpha value is -2.74. The van der Waals surface area contributed by atoms with E-state index in [0.29, 0.717) is 0 Å². The van der Waals surface area contributed by atoms with Crippen LogP contribution in [0.25, 0.3) is 32.8 Å². The van der Waals surface area contributed by atoms with Gasteiger partial charge in [0.15, 0.2) is 0 Å². The molecule has 2 heteroatoms. The van der Waals surface area contributed by atoms with Crippen molar-refractivity contribution in [1.29, 1.82) is 0 Å². The summed E-state index contributed by atoms with van der Waals surface area (Å²) in [6.07, 6.45) is 3.97. The maximum absolute atomic E-state index is 4.76. The zero-order valence-electron chi connectivity index (χ0n) is 17.7. The zero-order chi connectivity index (χ0) is 20.1. The lowest BCUT2D eigenvalue weighted by Gasteiger charge is -2.21. The minimum Gasteiger partial charge on any atom is -0.260 e. The van der Waals surface area contributed by atoms with Crippen molar-refractivity contribution in [1.82, 2.24) is 9.97 Å². The smallest absolute Gasteiger partial charge is 0.0705 e. The Morgan fingerprint density at radius 1 is 0.643 bits per heavy atom. The number of hydrogen-bond donors (Lipinski definition) is 0. The molecule has 0 aliphatic rings. The lowest BCUT2D eigenvalue weighted by Crippen LogP contribution is -2.12. The van der Waals surface area contributed by atoms with Crippen LogP contribution in [0.4, 0.5) is 0 Å². The summed E-state index contributed by atoms with van der Waals surface area (Å²) in [7, 11) is 0. The summed E-state index contributed by atoms with van der Waals surface area (Å²) in [5, 5.41) is 3.63. The average molecular weight is 369 g/mol. The Bertz CT molecular complexity index is 1170. The molecule has 2 aromatic carbocycles. The van der Waals surface area contributed by atoms with Crippen LogP contribution in [0.1, 0.15) is 52.8 Å². The van der Waals surface area contributed by atoms with Gasteiger partial charge in [-0.25, -0.2) is 0 Å². The van der Waals surface area contributed by atoms with Gasteiger partial charge in [-0.3, -0.25) is 9.97 Å². The minimum atomic E-state index is 0.0380. The standard InChI is InChI=1S/C26H28N2/c1-25(2,3)22-8-7-9-23-21(22)13-20(16-27-23)17-10-11-18-15-28-24(26(4,5)6)14-19(18)12-17/h7-16H,1-6H3. The van der Waals surface area contributed by atoms with Gasteiger partial charge in [-0.05, 0) is 46.2 Å². The number of pyridine rings is 2. The fraction of sp³-hybridized carbons (Fsp3) is 0.308. The lowest BCUT2D eigenvalue weighted by molar-refractivity contribution is 0.570. The predicted octanol–water partition coefficient (Wildman–Crippen LogP) is 7.05. The van der Waals surface area contributed by atoms with Crippen LogP contribution >= 0.6 is 0 Å². The second kappa shape index (κ2) is 6.41. The first-order chi connectivity index (χ1) is 13.1. The van der Waals surface area contributed by atoms with Crippen LogP contribution in [0.15, 0.2) is 60.9 Å². The average Bonchev–Trinajstić information content (AvgIpc) is 2.64. The molecule has 0 saturated heterocycles. The monoisotopic (exact) mass is 368 g/mol. The zero-order valence-corrected chi connectivity index (χ0v) is 17.7. The maximum atomic E-state index is 4.76. The molecule has 0 fully saturated rings. The highest BCUT2D eigenvalue weighted by atomic mass is 14.7. The van der Waals surface area contributed by atoms with Crippen LogP contribution in [0.2, 0.25) is 0 Å². The molecule has 0 spiro atoms. The Morgan fingerprint density at radius 2 is 1.43 bits per heavy atom. The van der Waals surface area contributed by atoms with E-state index in [-0.39, 0.29) is 10.8 Å². The molecule has 0 aliphatic carbocycles. The molecular weight excluding hydrogens is 340 g/mol. The van der Waals surface area contributed by atoms with Crippen LogP contribution in [0.3, 0.4) is 0 Å². The number of benzene rings is 2. The van der Waals surface area contributed by atoms with Gasteiger partial charge in [0.1, 0.15) is 0 Å². The second-order valence-electron chi connectivity index (χ2n) is 9.73. The first-order valence-corrected chi connectivity index (χ1v) is 9.93. The van der Waals surface area contributed by atoms with E-state index in [1.165, 1.54) is 27.3 Å². The molecule has 0 atom stereocenters. The van der Waals surface area contributed by atoms with Crippen molar-refractivity contribution < 1.29 is 0 Å². The van der Waals surface area contributed by atoms with E-state index >= 15 is 0 Å². The molecule has 0 saturated carbocycles. The molecule has 0 unspecified atom stereocenters. The van der Waals surface area contributed by atoms with Gasteiger partial charge in [0.25, 0.3) is 0 Å². The lowest BCUT2D eigenvalue weighted by atomic mass is 9.84. The van der Waals surface area contributed by atoms with Crippen LogP contribution in [-0.4, -0.2) is 9.97 Å². The van der Waals surface area contributed by atoms with Crippen LogP contribution in [-0.2, 0) is 10.8 Å². The van der Waals surface area contributed by atoms with Crippen molar-refractivity contribution in [2.75, 3.05) is 0 Å². The van der Waals surface area contributed by atoms with Gasteiger partial charge >= 0.3 is 0 Å². The van der Waals surface area contributed by atoms with E-state index in [4.69, 9.17) is 4.98 Å². The summed E-state index contributed by atoms with van der Waals surface area (Å²) in [5.41, 5.74) is 5.96. The van der Waals surface area contributed by atoms with Crippen molar-refractivity contribution >= 4 is 21.7 Å². The van der Waals surface area contributed by atoms with E-state index < -0.39 is 0 Å². The molecule has 0 bridgehead atoms. The van der Waals surface area contributed by atoms with Crippen LogP contribution < -0.4 is 0 Å². The van der Waals surface area contributed by atoms with E-state index in [1.54, 1.807) is 0 Å². The molecule has 2 nitrogen and oxygen atoms in total. The SMILES string of the molecule is CC(C)(C)c1cc2cc(-c3cnc4cccc(C(C)(C)C)c4c3)ccc2cn1. The fourth-order valence-electron chi connectivity index (χ4n) is 3.69. The van der Waals surface area contributed by atoms with Crippen molar-refractivity contribution in [2.24, 2.45) is 0 Å². The largest absolute Gasteiger partial charge is 0.260 e. The first-order valence-electron chi connectivity index (χ1n) is 9.93. The second-order valence-corrected chi connectivity index (χ2v) is 9.73. The van der Waals surface area contributed by atoms with Crippen molar-refractivity contribution in [3.63, 3.8) is 0 Å². The molecule has 4 aromatic rings. The normalized spacial score (nSPS) is 12.6. The quantitative estimate of drug-likeness (QED) is 0.360. The van der Waals surface area contributed by atoms with Gasteiger partial charge in [0, 0.05) is 39.8 Å². The number of nitrogens with zero attached hydrogens (tertiary/aromatic N) is 2. The number of hydrogen-bond acceptors (Lipinski definition) is 2. The van der Waals surface area contributed by atoms with Crippen LogP contribution in [0.5, 0.6) is 0 Å². The molecule has 0 amide bonds. The topological polar surface area (TPSA) is 25.8 Å². The van der Waals surface area contributed by atoms with Crippen molar-refractivity contribution in [2.45, 2.75) is 52.4 Å². The molecule has 0 aliphatic heterocycles. The van der Waals surface area contributed by atoms with Gasteiger partial charge < -0.3 is 0 Å². The van der Waals surface area contributed by atoms with Gasteiger partial charge in [-0.15, -0.1) is 0 Å². The molecule has 0 N–H and O–H groups in total. The molecule has 2 heterocycles. The van der Waals surface area contributed by atoms with Crippen LogP contribution in [0, 0.1) is 0 Å². The minimum absolute atomic E-state index is 0.0380. The number of rotatable bonds is 1. The van der Waals surface area contributed by atoms with Gasteiger partial charge in [0.2, 0.25) is 0 Å². The molecule has 28 heavy (non-hydrogen) atoms. The maximum Gasteiger partial charge on any atom is 0.0705 e. The molecule has 2 aromatic heterocycles. The molecule has 0 radical (unpaired) electrons. The summed E-state index contributed by atoms with van der Waals surface area (Å²) in [6, 6.07) is 17.5. The molecule has 142 valence electrons. The van der Waals surface area contributed by atoms with Gasteiger partial charge in [-0.1, -0.05) is 65.8 Å². The summed E-state index contributed by atoms with van der Waals surface area (Å²) in [5.74, 6) is 0. The Balaban J connectivity index is 1.88. The third-order valence-electron chi connectivity index (χ3n) is 5.36. The number of aromatic nitrogens is 2. The summed E-state index contributed by atoms with van der Waals surface area (Å²) < 4.78 is 0. The van der Waals surface area contributed by atoms with Gasteiger partial charge in [0.05, 0.1) is 5.52 Å². The third kappa shape index (κ3) is 3.40. The molecular formula is C26H28N2. The van der Waals surface area contributed by atoms with E-state index in [9.17, 15) is 0 Å². The fourth-order valence-corrected chi connectivity index (χ4v) is 3.69. The first kappa shape index (κ1) is 18.6. The van der Waals surface area contributed by atoms with Crippen molar-refractivity contribution in [3.05, 3.63) is 72.2 Å². The van der Waals surface area contributed by atoms with E-state index in [0.717, 1.165) is 16.8 Å². The van der Waals surface area contributed by atoms with Crippen molar-refractivity contribution in [3.8, 4) is 11.1 Å². The highest BCUT2D eigenvalue weighted by molar-refractivity contribution is 5.91. The highest BCUT2D eigenvalue weighted by Crippen LogP contribution is 2.33. The van der Waals surface area contributed by atoms with E-state index in [1.807, 2.05) is 12.4 Å². The Kier molecular flexibility index (Phi) is 4.26. The highest BCUT2D eigenvalue weighted by Gasteiger charge is 2.18. The Morgan fingerprint density at radius 3 is 2.14 bits per heavy atom. The van der Waals surface area contributed by atoms with Gasteiger partial charge in [-0.2, -0.15) is 0 Å². The summed E-state index contributed by atoms with van der Waals surface area (Å²) in [4.78, 5) is 9.40. The Labute approximate surface area is 167 Å². The third-order valence-corrected chi connectivity index (χ3v) is 5.36.